The Labute approximate surface area is 424 Å². The van der Waals surface area contributed by atoms with Crippen molar-refractivity contribution < 1.29 is 24.1 Å². The second kappa shape index (κ2) is 17.1. The summed E-state index contributed by atoms with van der Waals surface area (Å²) in [6, 6.07) is 78.7. The van der Waals surface area contributed by atoms with E-state index in [2.05, 4.69) is 266 Å². The van der Waals surface area contributed by atoms with Gasteiger partial charge in [0.25, 0.3) is 0 Å². The molecule has 13 rings (SSSR count). The molecule has 3 heterocycles. The van der Waals surface area contributed by atoms with Crippen molar-refractivity contribution in [3.8, 4) is 73.2 Å². The minimum atomic E-state index is -0.0201. The van der Waals surface area contributed by atoms with Crippen molar-refractivity contribution in [3.05, 3.63) is 245 Å². The molecule has 0 bridgehead atoms. The fourth-order valence-electron chi connectivity index (χ4n) is 10.8. The van der Waals surface area contributed by atoms with Crippen LogP contribution in [-0.2, 0) is 31.2 Å². The predicted molar refractivity (Wildman–Crippen MR) is 288 cm³/mol. The van der Waals surface area contributed by atoms with Gasteiger partial charge in [-0.05, 0) is 17.0 Å². The van der Waals surface area contributed by atoms with Crippen LogP contribution < -0.4 is 4.74 Å². The number of para-hydroxylation sites is 3. The van der Waals surface area contributed by atoms with Gasteiger partial charge in [0.05, 0.1) is 0 Å². The van der Waals surface area contributed by atoms with Crippen molar-refractivity contribution in [1.29, 1.82) is 0 Å². The van der Waals surface area contributed by atoms with Crippen LogP contribution >= 0.6 is 0 Å². The molecule has 0 unspecified atom stereocenters. The summed E-state index contributed by atoms with van der Waals surface area (Å²) in [5.74, 6) is 2.39. The molecule has 0 saturated carbocycles. The fraction of sp³-hybridized carbons (Fsp3) is 0.0769. The average Bonchev–Trinajstić information content (AvgIpc) is 4.04. The molecule has 5 nitrogen and oxygen atoms in total. The quantitative estimate of drug-likeness (QED) is 0.152. The third-order valence-electron chi connectivity index (χ3n) is 14.2. The Morgan fingerprint density at radius 3 is 1.86 bits per heavy atom. The maximum absolute atomic E-state index is 6.87. The number of hydrogen-bond donors (Lipinski definition) is 0. The van der Waals surface area contributed by atoms with E-state index in [0.717, 1.165) is 66.4 Å². The Morgan fingerprint density at radius 1 is 0.465 bits per heavy atom. The Morgan fingerprint density at radius 2 is 1.11 bits per heavy atom. The summed E-state index contributed by atoms with van der Waals surface area (Å²) < 4.78 is 15.1. The second-order valence-corrected chi connectivity index (χ2v) is 20.5. The summed E-state index contributed by atoms with van der Waals surface area (Å²) in [5, 5.41) is 2.33. The van der Waals surface area contributed by atoms with E-state index in [1.165, 1.54) is 66.6 Å². The number of pyridine rings is 1. The summed E-state index contributed by atoms with van der Waals surface area (Å²) >= 11 is 2.55. The van der Waals surface area contributed by atoms with Crippen LogP contribution in [0.25, 0.3) is 94.5 Å². The van der Waals surface area contributed by atoms with E-state index >= 15 is 0 Å². The van der Waals surface area contributed by atoms with Gasteiger partial charge in [-0.1, -0.05) is 39.0 Å². The van der Waals surface area contributed by atoms with Gasteiger partial charge in [0.2, 0.25) is 0 Å². The van der Waals surface area contributed by atoms with Crippen LogP contribution in [0.5, 0.6) is 11.5 Å². The molecule has 12 aromatic rings. The monoisotopic (exact) mass is 1100 g/mol. The number of hydrogen-bond acceptors (Lipinski definition) is 2. The Hall–Kier alpha value is -8.11. The SMILES string of the molecule is CC(C)(C)c1ccnc(-n2c3ccccc3c3ccc(Oc4cccc(-n5[c](=[Pt])n(-c6c(-c7ccccc7)cc7c(c6-c6ccccc6)Cc6cc(-c8ccccc8)ccc6-7)c6ccccc65)c4)cc32)c1. The van der Waals surface area contributed by atoms with Gasteiger partial charge in [0.15, 0.2) is 0 Å². The Balaban J connectivity index is 0.970. The van der Waals surface area contributed by atoms with E-state index < -0.39 is 0 Å². The predicted octanol–water partition coefficient (Wildman–Crippen LogP) is 16.7. The molecule has 0 spiro atoms. The summed E-state index contributed by atoms with van der Waals surface area (Å²) in [6.07, 6.45) is 2.76. The van der Waals surface area contributed by atoms with Crippen LogP contribution in [0, 0.1) is 3.80 Å². The second-order valence-electron chi connectivity index (χ2n) is 19.5. The van der Waals surface area contributed by atoms with E-state index in [4.69, 9.17) is 9.72 Å². The third kappa shape index (κ3) is 7.34. The molecular weight excluding hydrogens is 1050 g/mol. The van der Waals surface area contributed by atoms with Crippen molar-refractivity contribution >= 4 is 32.8 Å². The standard InChI is InChI=1S/C65H48N4O.Pt/c1-65(2,3)48-34-35-66-62(38-48)69-58-27-14-13-26-53(58)54-33-31-51(40-61(54)69)70-50-25-17-24-49(39-50)67-42-68(60-29-16-15-28-59(60)67)64-55(44-20-9-5-10-21-44)41-56-52-32-30-46(43-18-7-4-8-19-43)36-47(52)37-57(56)63(64)45-22-11-6-12-23-45;/h4-36,38-41H,37H2,1-3H3;. The minimum absolute atomic E-state index is 0.0201. The topological polar surface area (TPSA) is 36.9 Å². The average molecular weight is 1100 g/mol. The number of aromatic nitrogens is 4. The number of imidazole rings is 1. The molecule has 1 aliphatic rings. The molecule has 0 aliphatic heterocycles. The normalized spacial score (nSPS) is 12.2. The molecule has 71 heavy (non-hydrogen) atoms. The van der Waals surface area contributed by atoms with E-state index in [9.17, 15) is 0 Å². The molecule has 0 amide bonds. The van der Waals surface area contributed by atoms with Crippen molar-refractivity contribution in [2.45, 2.75) is 32.6 Å². The molecule has 9 aromatic carbocycles. The first-order valence-electron chi connectivity index (χ1n) is 24.2. The summed E-state index contributed by atoms with van der Waals surface area (Å²) in [4.78, 5) is 4.91. The molecule has 6 heteroatoms. The van der Waals surface area contributed by atoms with Crippen LogP contribution in [0.2, 0.25) is 0 Å². The Kier molecular flexibility index (Phi) is 10.3. The summed E-state index contributed by atoms with van der Waals surface area (Å²) in [5.41, 5.74) is 20.3. The number of nitrogens with zero attached hydrogens (tertiary/aromatic N) is 4. The van der Waals surface area contributed by atoms with Gasteiger partial charge < -0.3 is 0 Å². The molecule has 344 valence electrons. The van der Waals surface area contributed by atoms with Crippen molar-refractivity contribution in [3.63, 3.8) is 0 Å². The van der Waals surface area contributed by atoms with Crippen LogP contribution in [0.1, 0.15) is 37.5 Å². The van der Waals surface area contributed by atoms with Crippen LogP contribution in [0.4, 0.5) is 0 Å². The number of fused-ring (bicyclic) bond motifs is 7. The number of benzene rings is 9. The Bertz CT molecular complexity index is 4100. The zero-order chi connectivity index (χ0) is 47.8. The zero-order valence-corrected chi connectivity index (χ0v) is 41.9. The van der Waals surface area contributed by atoms with Crippen LogP contribution in [-0.4, -0.2) is 18.7 Å². The fourth-order valence-corrected chi connectivity index (χ4v) is 11.9. The van der Waals surface area contributed by atoms with Gasteiger partial charge in [-0.2, -0.15) is 0 Å². The van der Waals surface area contributed by atoms with Crippen molar-refractivity contribution in [2.75, 3.05) is 0 Å². The van der Waals surface area contributed by atoms with Gasteiger partial charge in [0.1, 0.15) is 0 Å². The molecule has 0 fully saturated rings. The first kappa shape index (κ1) is 42.9. The number of ether oxygens (including phenoxy) is 1. The molecule has 0 radical (unpaired) electrons. The third-order valence-corrected chi connectivity index (χ3v) is 15.2. The van der Waals surface area contributed by atoms with Crippen molar-refractivity contribution in [2.24, 2.45) is 0 Å². The molecule has 0 N–H and O–H groups in total. The van der Waals surface area contributed by atoms with E-state index in [0.29, 0.717) is 0 Å². The number of rotatable bonds is 8. The maximum atomic E-state index is 6.87. The van der Waals surface area contributed by atoms with Gasteiger partial charge in [0, 0.05) is 6.20 Å². The van der Waals surface area contributed by atoms with Crippen LogP contribution in [0.15, 0.2) is 225 Å². The molecule has 1 aliphatic carbocycles. The van der Waals surface area contributed by atoms with E-state index in [1.807, 2.05) is 12.3 Å². The van der Waals surface area contributed by atoms with Gasteiger partial charge in [-0.15, -0.1) is 0 Å². The summed E-state index contributed by atoms with van der Waals surface area (Å²) in [6.45, 7) is 6.73. The van der Waals surface area contributed by atoms with E-state index in [1.54, 1.807) is 0 Å². The molecular formula is C65H48N4OPt. The van der Waals surface area contributed by atoms with Gasteiger partial charge in [-0.25, -0.2) is 0 Å². The molecule has 0 atom stereocenters. The van der Waals surface area contributed by atoms with Crippen molar-refractivity contribution in [1.82, 2.24) is 18.7 Å². The van der Waals surface area contributed by atoms with Gasteiger partial charge >= 0.3 is 364 Å². The van der Waals surface area contributed by atoms with E-state index in [-0.39, 0.29) is 5.41 Å². The zero-order valence-electron chi connectivity index (χ0n) is 39.6. The molecule has 3 aromatic heterocycles. The van der Waals surface area contributed by atoms with Crippen LogP contribution in [0.3, 0.4) is 0 Å². The first-order valence-corrected chi connectivity index (χ1v) is 25.4. The molecule has 0 saturated heterocycles. The first-order chi connectivity index (χ1) is 34.8. The van der Waals surface area contributed by atoms with Gasteiger partial charge in [-0.3, -0.25) is 0 Å². The summed E-state index contributed by atoms with van der Waals surface area (Å²) in [7, 11) is 0.